The first kappa shape index (κ1) is 18.4. The maximum atomic E-state index is 12.3. The van der Waals surface area contributed by atoms with Gasteiger partial charge in [0, 0.05) is 38.1 Å². The highest BCUT2D eigenvalue weighted by Gasteiger charge is 2.28. The molecule has 0 radical (unpaired) electrons. The van der Waals surface area contributed by atoms with E-state index in [4.69, 9.17) is 5.73 Å². The van der Waals surface area contributed by atoms with Crippen LogP contribution in [0.25, 0.3) is 0 Å². The van der Waals surface area contributed by atoms with Gasteiger partial charge >= 0.3 is 0 Å². The second-order valence-electron chi connectivity index (χ2n) is 5.99. The summed E-state index contributed by atoms with van der Waals surface area (Å²) in [5.41, 5.74) is 5.94. The van der Waals surface area contributed by atoms with E-state index in [9.17, 15) is 4.79 Å². The Bertz CT molecular complexity index is 299. The minimum atomic E-state index is 0.163. The van der Waals surface area contributed by atoms with Gasteiger partial charge in [-0.2, -0.15) is 0 Å². The lowest BCUT2D eigenvalue weighted by atomic mass is 10.0. The summed E-state index contributed by atoms with van der Waals surface area (Å²) in [6.45, 7) is 11.9. The van der Waals surface area contributed by atoms with E-state index in [1.807, 2.05) is 18.7 Å². The number of carbonyl (C=O) groups excluding carboxylic acids is 1. The maximum Gasteiger partial charge on any atom is 0.224 e. The minimum absolute atomic E-state index is 0.163. The Balaban J connectivity index is 2.53. The number of piperidine rings is 1. The van der Waals surface area contributed by atoms with Gasteiger partial charge in [-0.05, 0) is 53.4 Å². The predicted octanol–water partition coefficient (Wildman–Crippen LogP) is 0.988. The van der Waals surface area contributed by atoms with E-state index >= 15 is 0 Å². The molecule has 5 nitrogen and oxygen atoms in total. The van der Waals surface area contributed by atoms with Gasteiger partial charge in [0.15, 0.2) is 0 Å². The van der Waals surface area contributed by atoms with Crippen LogP contribution in [0.4, 0.5) is 0 Å². The molecule has 1 aliphatic rings. The molecule has 0 aromatic heterocycles. The second-order valence-corrected chi connectivity index (χ2v) is 5.99. The molecule has 1 unspecified atom stereocenters. The van der Waals surface area contributed by atoms with Gasteiger partial charge in [-0.1, -0.05) is 6.92 Å². The summed E-state index contributed by atoms with van der Waals surface area (Å²) in [5.74, 6) is 0.230. The van der Waals surface area contributed by atoms with Crippen LogP contribution in [0.15, 0.2) is 0 Å². The Morgan fingerprint density at radius 2 is 1.81 bits per heavy atom. The molecule has 1 aliphatic heterocycles. The van der Waals surface area contributed by atoms with Crippen molar-refractivity contribution in [2.75, 3.05) is 46.3 Å². The number of likely N-dealkylation sites (N-methyl/N-ethyl adjacent to an activating group) is 1. The van der Waals surface area contributed by atoms with Crippen LogP contribution in [0.2, 0.25) is 0 Å². The first-order chi connectivity index (χ1) is 10.1. The summed E-state index contributed by atoms with van der Waals surface area (Å²) < 4.78 is 0. The van der Waals surface area contributed by atoms with E-state index in [2.05, 4.69) is 23.8 Å². The highest BCUT2D eigenvalue weighted by molar-refractivity contribution is 5.76. The number of rotatable bonds is 8. The number of hydrogen-bond donors (Lipinski definition) is 1. The van der Waals surface area contributed by atoms with Crippen molar-refractivity contribution in [2.24, 2.45) is 5.73 Å². The number of amides is 1. The maximum absolute atomic E-state index is 12.3. The lowest BCUT2D eigenvalue weighted by Gasteiger charge is -2.40. The van der Waals surface area contributed by atoms with E-state index < -0.39 is 0 Å². The van der Waals surface area contributed by atoms with Gasteiger partial charge in [0.2, 0.25) is 5.91 Å². The third-order valence-corrected chi connectivity index (χ3v) is 4.95. The van der Waals surface area contributed by atoms with E-state index in [0.717, 1.165) is 32.7 Å². The molecule has 0 saturated carbocycles. The van der Waals surface area contributed by atoms with Crippen LogP contribution in [0.1, 0.15) is 40.0 Å². The molecule has 1 atom stereocenters. The monoisotopic (exact) mass is 298 g/mol. The SMILES string of the molecule is CCN1CCC(N(C)C(CN)CC(=O)N(CC)CC)CC1. The van der Waals surface area contributed by atoms with Crippen molar-refractivity contribution >= 4 is 5.91 Å². The largest absolute Gasteiger partial charge is 0.343 e. The van der Waals surface area contributed by atoms with Crippen LogP contribution < -0.4 is 5.73 Å². The van der Waals surface area contributed by atoms with E-state index in [1.165, 1.54) is 12.8 Å². The molecule has 21 heavy (non-hydrogen) atoms. The van der Waals surface area contributed by atoms with E-state index in [0.29, 0.717) is 19.0 Å². The van der Waals surface area contributed by atoms with Crippen LogP contribution in [0.5, 0.6) is 0 Å². The summed E-state index contributed by atoms with van der Waals surface area (Å²) in [5, 5.41) is 0. The summed E-state index contributed by atoms with van der Waals surface area (Å²) in [7, 11) is 2.14. The zero-order valence-corrected chi connectivity index (χ0v) is 14.3. The Labute approximate surface area is 130 Å². The third-order valence-electron chi connectivity index (χ3n) is 4.95. The third kappa shape index (κ3) is 5.24. The summed E-state index contributed by atoms with van der Waals surface area (Å²) in [6.07, 6.45) is 2.91. The lowest BCUT2D eigenvalue weighted by molar-refractivity contribution is -0.132. The molecule has 0 aliphatic carbocycles. The molecule has 1 saturated heterocycles. The fourth-order valence-electron chi connectivity index (χ4n) is 3.24. The van der Waals surface area contributed by atoms with Crippen LogP contribution in [-0.2, 0) is 4.79 Å². The van der Waals surface area contributed by atoms with E-state index in [-0.39, 0.29) is 11.9 Å². The van der Waals surface area contributed by atoms with Crippen molar-refractivity contribution in [1.82, 2.24) is 14.7 Å². The molecule has 5 heteroatoms. The van der Waals surface area contributed by atoms with Gasteiger partial charge in [-0.3, -0.25) is 9.69 Å². The van der Waals surface area contributed by atoms with Gasteiger partial charge in [0.25, 0.3) is 0 Å². The van der Waals surface area contributed by atoms with Crippen molar-refractivity contribution in [3.8, 4) is 0 Å². The molecule has 0 bridgehead atoms. The Kier molecular flexibility index (Phi) is 8.22. The predicted molar refractivity (Wildman–Crippen MR) is 88.3 cm³/mol. The van der Waals surface area contributed by atoms with Gasteiger partial charge in [-0.15, -0.1) is 0 Å². The topological polar surface area (TPSA) is 52.8 Å². The molecule has 1 rings (SSSR count). The van der Waals surface area contributed by atoms with Crippen molar-refractivity contribution in [1.29, 1.82) is 0 Å². The highest BCUT2D eigenvalue weighted by atomic mass is 16.2. The van der Waals surface area contributed by atoms with Crippen molar-refractivity contribution < 1.29 is 4.79 Å². The van der Waals surface area contributed by atoms with Gasteiger partial charge < -0.3 is 15.5 Å². The summed E-state index contributed by atoms with van der Waals surface area (Å²) in [4.78, 5) is 19.0. The molecule has 124 valence electrons. The first-order valence-electron chi connectivity index (χ1n) is 8.49. The zero-order valence-electron chi connectivity index (χ0n) is 14.3. The smallest absolute Gasteiger partial charge is 0.224 e. The molecule has 0 aromatic carbocycles. The molecule has 0 spiro atoms. The molecular formula is C16H34N4O. The molecule has 1 amide bonds. The van der Waals surface area contributed by atoms with Gasteiger partial charge in [0.1, 0.15) is 0 Å². The Morgan fingerprint density at radius 1 is 1.24 bits per heavy atom. The number of hydrogen-bond acceptors (Lipinski definition) is 4. The standard InChI is InChI=1S/C16H34N4O/c1-5-19-10-8-14(9-11-19)18(4)15(13-17)12-16(21)20(6-2)7-3/h14-15H,5-13,17H2,1-4H3. The minimum Gasteiger partial charge on any atom is -0.343 e. The van der Waals surface area contributed by atoms with Crippen LogP contribution in [0.3, 0.4) is 0 Å². The van der Waals surface area contributed by atoms with Gasteiger partial charge in [-0.25, -0.2) is 0 Å². The molecule has 1 heterocycles. The average molecular weight is 298 g/mol. The van der Waals surface area contributed by atoms with Crippen LogP contribution in [0, 0.1) is 0 Å². The summed E-state index contributed by atoms with van der Waals surface area (Å²) >= 11 is 0. The van der Waals surface area contributed by atoms with Crippen molar-refractivity contribution in [3.05, 3.63) is 0 Å². The van der Waals surface area contributed by atoms with Crippen molar-refractivity contribution in [2.45, 2.75) is 52.1 Å². The lowest BCUT2D eigenvalue weighted by Crippen LogP contribution is -2.51. The highest BCUT2D eigenvalue weighted by Crippen LogP contribution is 2.18. The molecule has 2 N–H and O–H groups in total. The Morgan fingerprint density at radius 3 is 2.24 bits per heavy atom. The average Bonchev–Trinajstić information content (AvgIpc) is 2.53. The number of likely N-dealkylation sites (tertiary alicyclic amines) is 1. The van der Waals surface area contributed by atoms with Crippen LogP contribution in [-0.4, -0.2) is 79.0 Å². The number of carbonyl (C=O) groups is 1. The quantitative estimate of drug-likeness (QED) is 0.726. The number of nitrogens with zero attached hydrogens (tertiary/aromatic N) is 3. The molecule has 0 aromatic rings. The van der Waals surface area contributed by atoms with Gasteiger partial charge in [0.05, 0.1) is 0 Å². The van der Waals surface area contributed by atoms with Crippen LogP contribution >= 0.6 is 0 Å². The molecule has 1 fully saturated rings. The Hall–Kier alpha value is -0.650. The fourth-order valence-corrected chi connectivity index (χ4v) is 3.24. The summed E-state index contributed by atoms with van der Waals surface area (Å²) in [6, 6.07) is 0.724. The second kappa shape index (κ2) is 9.38. The normalized spacial score (nSPS) is 19.0. The van der Waals surface area contributed by atoms with E-state index in [1.54, 1.807) is 0 Å². The fraction of sp³-hybridized carbons (Fsp3) is 0.938. The number of nitrogens with two attached hydrogens (primary N) is 1. The zero-order chi connectivity index (χ0) is 15.8. The first-order valence-corrected chi connectivity index (χ1v) is 8.49. The van der Waals surface area contributed by atoms with Crippen molar-refractivity contribution in [3.63, 3.8) is 0 Å². The molecular weight excluding hydrogens is 264 g/mol.